The van der Waals surface area contributed by atoms with E-state index in [-0.39, 0.29) is 17.1 Å². The fourth-order valence-corrected chi connectivity index (χ4v) is 4.24. The van der Waals surface area contributed by atoms with Crippen LogP contribution >= 0.6 is 0 Å². The second-order valence-electron chi connectivity index (χ2n) is 8.03. The van der Waals surface area contributed by atoms with Crippen molar-refractivity contribution in [2.75, 3.05) is 6.54 Å². The number of ether oxygens (including phenoxy) is 1. The lowest BCUT2D eigenvalue weighted by Gasteiger charge is -2.31. The van der Waals surface area contributed by atoms with Crippen molar-refractivity contribution in [3.05, 3.63) is 89.0 Å². The molecular weight excluding hydrogens is 441 g/mol. The van der Waals surface area contributed by atoms with Crippen LogP contribution in [0.25, 0.3) is 0 Å². The Balaban J connectivity index is 1.68. The van der Waals surface area contributed by atoms with E-state index in [9.17, 15) is 26.7 Å². The summed E-state index contributed by atoms with van der Waals surface area (Å²) >= 11 is 0. The van der Waals surface area contributed by atoms with Gasteiger partial charge in [-0.15, -0.1) is 0 Å². The second kappa shape index (κ2) is 9.37. The quantitative estimate of drug-likeness (QED) is 0.472. The molecule has 0 bridgehead atoms. The lowest BCUT2D eigenvalue weighted by molar-refractivity contribution is -0.139. The molecule has 3 nitrogen and oxygen atoms in total. The number of hydrogen-bond donors (Lipinski definition) is 0. The molecule has 0 spiro atoms. The maximum absolute atomic E-state index is 14.5. The zero-order chi connectivity index (χ0) is 23.6. The fraction of sp³-hybridized carbons (Fsp3) is 0.320. The topological polar surface area (TPSA) is 29.5 Å². The van der Waals surface area contributed by atoms with Gasteiger partial charge < -0.3 is 9.64 Å². The molecule has 1 saturated heterocycles. The molecule has 0 radical (unpaired) electrons. The highest BCUT2D eigenvalue weighted by Crippen LogP contribution is 2.36. The zero-order valence-corrected chi connectivity index (χ0v) is 17.6. The van der Waals surface area contributed by atoms with E-state index < -0.39 is 35.6 Å². The van der Waals surface area contributed by atoms with Crippen LogP contribution in [0.15, 0.2) is 72.1 Å². The first kappa shape index (κ1) is 23.0. The predicted octanol–water partition coefficient (Wildman–Crippen LogP) is 6.53. The Morgan fingerprint density at radius 1 is 1.00 bits per heavy atom. The maximum atomic E-state index is 14.5. The number of nitrogens with zero attached hydrogens (tertiary/aromatic N) is 1. The molecule has 4 rings (SSSR count). The number of likely N-dealkylation sites (tertiary alicyclic amines) is 1. The van der Waals surface area contributed by atoms with E-state index in [1.165, 1.54) is 29.2 Å². The van der Waals surface area contributed by atoms with Crippen molar-refractivity contribution in [2.45, 2.75) is 44.0 Å². The monoisotopic (exact) mass is 463 g/mol. The van der Waals surface area contributed by atoms with Crippen molar-refractivity contribution in [1.82, 2.24) is 4.90 Å². The first-order chi connectivity index (χ1) is 15.8. The Kier molecular flexibility index (Phi) is 6.54. The molecule has 2 unspecified atom stereocenters. The Morgan fingerprint density at radius 3 is 2.36 bits per heavy atom. The molecule has 2 atom stereocenters. The molecule has 174 valence electrons. The number of hydrogen-bond acceptors (Lipinski definition) is 2. The number of para-hydroxylation sites is 1. The predicted molar refractivity (Wildman–Crippen MR) is 112 cm³/mol. The van der Waals surface area contributed by atoms with E-state index in [2.05, 4.69) is 0 Å². The van der Waals surface area contributed by atoms with Crippen LogP contribution in [-0.2, 0) is 11.0 Å². The van der Waals surface area contributed by atoms with Crippen LogP contribution in [0.1, 0.15) is 42.9 Å². The van der Waals surface area contributed by atoms with Crippen LogP contribution in [0.4, 0.5) is 22.0 Å². The Labute approximate surface area is 188 Å². The smallest absolute Gasteiger partial charge is 0.416 e. The summed E-state index contributed by atoms with van der Waals surface area (Å²) in [7, 11) is 0. The summed E-state index contributed by atoms with van der Waals surface area (Å²) < 4.78 is 73.5. The lowest BCUT2D eigenvalue weighted by atomic mass is 9.96. The average Bonchev–Trinajstić information content (AvgIpc) is 3.28. The van der Waals surface area contributed by atoms with Crippen LogP contribution in [0.5, 0.6) is 5.75 Å². The van der Waals surface area contributed by atoms with Gasteiger partial charge >= 0.3 is 6.18 Å². The second-order valence-corrected chi connectivity index (χ2v) is 8.03. The Hall–Kier alpha value is -3.16. The maximum Gasteiger partial charge on any atom is 0.416 e. The van der Waals surface area contributed by atoms with E-state index in [1.54, 1.807) is 6.08 Å². The van der Waals surface area contributed by atoms with Gasteiger partial charge in [-0.3, -0.25) is 4.79 Å². The number of carbonyl (C=O) groups is 1. The summed E-state index contributed by atoms with van der Waals surface area (Å²) in [5.41, 5.74) is -0.290. The van der Waals surface area contributed by atoms with Crippen molar-refractivity contribution >= 4 is 5.91 Å². The molecule has 33 heavy (non-hydrogen) atoms. The van der Waals surface area contributed by atoms with Crippen LogP contribution in [0.3, 0.4) is 0 Å². The van der Waals surface area contributed by atoms with Gasteiger partial charge in [0.15, 0.2) is 11.6 Å². The van der Waals surface area contributed by atoms with Gasteiger partial charge in [-0.2, -0.15) is 13.2 Å². The first-order valence-electron chi connectivity index (χ1n) is 10.7. The number of allylic oxidation sites excluding steroid dienone is 2. The van der Waals surface area contributed by atoms with Crippen LogP contribution < -0.4 is 4.74 Å². The van der Waals surface area contributed by atoms with Crippen LogP contribution in [-0.4, -0.2) is 23.4 Å². The summed E-state index contributed by atoms with van der Waals surface area (Å²) in [6, 6.07) is 8.99. The molecule has 2 aromatic carbocycles. The summed E-state index contributed by atoms with van der Waals surface area (Å²) in [5.74, 6) is -1.83. The van der Waals surface area contributed by atoms with Crippen molar-refractivity contribution in [2.24, 2.45) is 0 Å². The number of amides is 1. The van der Waals surface area contributed by atoms with Gasteiger partial charge in [-0.1, -0.05) is 30.3 Å². The SMILES string of the molecule is O=C(C(Oc1ccccc1F)c1ccc(C(F)(F)F)cc1)N1CCCC1C1=CCCC=C1F. The standard InChI is InChI=1S/C25H22F5NO2/c26-19-7-2-1-6-18(19)21-9-5-15-31(21)24(32)23(33-22-10-4-3-8-20(22)27)16-11-13-17(14-12-16)25(28,29)30/h3-4,6-8,10-14,21,23H,1-2,5,9,15H2. The minimum absolute atomic E-state index is 0.149. The Morgan fingerprint density at radius 2 is 1.70 bits per heavy atom. The van der Waals surface area contributed by atoms with Crippen LogP contribution in [0.2, 0.25) is 0 Å². The number of benzene rings is 2. The van der Waals surface area contributed by atoms with Gasteiger partial charge in [-0.25, -0.2) is 8.78 Å². The molecule has 2 aliphatic rings. The number of halogens is 5. The van der Waals surface area contributed by atoms with E-state index >= 15 is 0 Å². The highest BCUT2D eigenvalue weighted by Gasteiger charge is 2.39. The lowest BCUT2D eigenvalue weighted by Crippen LogP contribution is -2.41. The largest absolute Gasteiger partial charge is 0.473 e. The van der Waals surface area contributed by atoms with E-state index in [1.807, 2.05) is 0 Å². The third-order valence-electron chi connectivity index (χ3n) is 5.87. The van der Waals surface area contributed by atoms with Gasteiger partial charge in [0.2, 0.25) is 6.10 Å². The molecule has 0 aromatic heterocycles. The normalized spacial score (nSPS) is 19.7. The Bertz CT molecular complexity index is 1070. The third kappa shape index (κ3) is 4.94. The number of carbonyl (C=O) groups excluding carboxylic acids is 1. The first-order valence-corrected chi connectivity index (χ1v) is 10.7. The van der Waals surface area contributed by atoms with Crippen LogP contribution in [0, 0.1) is 5.82 Å². The molecule has 1 fully saturated rings. The highest BCUT2D eigenvalue weighted by atomic mass is 19.4. The van der Waals surface area contributed by atoms with Crippen molar-refractivity contribution in [3.63, 3.8) is 0 Å². The molecule has 1 aliphatic carbocycles. The van der Waals surface area contributed by atoms with Gasteiger partial charge in [0.1, 0.15) is 5.83 Å². The minimum Gasteiger partial charge on any atom is -0.473 e. The molecular formula is C25H22F5NO2. The third-order valence-corrected chi connectivity index (χ3v) is 5.87. The number of rotatable bonds is 5. The fourth-order valence-electron chi connectivity index (χ4n) is 4.24. The summed E-state index contributed by atoms with van der Waals surface area (Å²) in [4.78, 5) is 15.1. The zero-order valence-electron chi connectivity index (χ0n) is 17.6. The van der Waals surface area contributed by atoms with Crippen molar-refractivity contribution in [1.29, 1.82) is 0 Å². The van der Waals surface area contributed by atoms with Gasteiger partial charge in [-0.05, 0) is 56.0 Å². The number of alkyl halides is 3. The van der Waals surface area contributed by atoms with E-state index in [4.69, 9.17) is 4.74 Å². The highest BCUT2D eigenvalue weighted by molar-refractivity contribution is 5.84. The summed E-state index contributed by atoms with van der Waals surface area (Å²) in [6.07, 6.45) is -0.229. The summed E-state index contributed by atoms with van der Waals surface area (Å²) in [5, 5.41) is 0. The van der Waals surface area contributed by atoms with Crippen molar-refractivity contribution in [3.8, 4) is 5.75 Å². The molecule has 1 aliphatic heterocycles. The molecule has 0 N–H and O–H groups in total. The average molecular weight is 463 g/mol. The molecule has 2 aromatic rings. The van der Waals surface area contributed by atoms with Crippen molar-refractivity contribution < 1.29 is 31.5 Å². The summed E-state index contributed by atoms with van der Waals surface area (Å²) in [6.45, 7) is 0.339. The van der Waals surface area contributed by atoms with E-state index in [0.717, 1.165) is 30.3 Å². The minimum atomic E-state index is -4.54. The molecule has 8 heteroatoms. The van der Waals surface area contributed by atoms with Gasteiger partial charge in [0.25, 0.3) is 5.91 Å². The van der Waals surface area contributed by atoms with Gasteiger partial charge in [0.05, 0.1) is 11.6 Å². The molecule has 1 amide bonds. The molecule has 0 saturated carbocycles. The van der Waals surface area contributed by atoms with E-state index in [0.29, 0.717) is 37.8 Å². The van der Waals surface area contributed by atoms with Gasteiger partial charge in [0, 0.05) is 17.7 Å². The molecule has 1 heterocycles.